The molecule has 1 atom stereocenters. The van der Waals surface area contributed by atoms with E-state index in [1.165, 1.54) is 0 Å². The van der Waals surface area contributed by atoms with E-state index in [-0.39, 0.29) is 5.92 Å². The topological polar surface area (TPSA) is 49.3 Å². The molecule has 2 aromatic rings. The summed E-state index contributed by atoms with van der Waals surface area (Å²) in [7, 11) is 0. The number of rotatable bonds is 5. The number of carboxylic acids is 1. The zero-order chi connectivity index (χ0) is 15.5. The molecule has 0 fully saturated rings. The molecule has 0 aliphatic rings. The van der Waals surface area contributed by atoms with Crippen LogP contribution in [0.3, 0.4) is 0 Å². The van der Waals surface area contributed by atoms with Crippen molar-refractivity contribution in [3.05, 3.63) is 65.2 Å². The minimum atomic E-state index is -1.19. The average Bonchev–Trinajstić information content (AvgIpc) is 2.47. The molecule has 0 amide bonds. The summed E-state index contributed by atoms with van der Waals surface area (Å²) in [5.74, 6) is -1.05. The molecule has 0 aliphatic carbocycles. The number of carboxylic acid groups (broad SMARTS) is 1. The maximum absolute atomic E-state index is 12.0. The Bertz CT molecular complexity index is 610. The lowest BCUT2D eigenvalue weighted by molar-refractivity contribution is -0.144. The van der Waals surface area contributed by atoms with Crippen LogP contribution in [0.15, 0.2) is 54.6 Å². The van der Waals surface area contributed by atoms with Crippen molar-refractivity contribution in [2.75, 3.05) is 5.32 Å². The summed E-state index contributed by atoms with van der Waals surface area (Å²) in [5, 5.41) is 13.7. The number of hydrogen-bond donors (Lipinski definition) is 2. The number of hydrogen-bond acceptors (Lipinski definition) is 2. The molecule has 0 radical (unpaired) electrons. The van der Waals surface area contributed by atoms with Crippen molar-refractivity contribution in [3.63, 3.8) is 0 Å². The summed E-state index contributed by atoms with van der Waals surface area (Å²) in [6.45, 7) is 3.79. The molecule has 0 bridgehead atoms. The van der Waals surface area contributed by atoms with Gasteiger partial charge in [-0.05, 0) is 35.7 Å². The van der Waals surface area contributed by atoms with Gasteiger partial charge in [-0.3, -0.25) is 0 Å². The molecule has 0 saturated heterocycles. The Morgan fingerprint density at radius 2 is 1.67 bits per heavy atom. The fourth-order valence-electron chi connectivity index (χ4n) is 2.44. The lowest BCUT2D eigenvalue weighted by Gasteiger charge is -2.35. The van der Waals surface area contributed by atoms with E-state index >= 15 is 0 Å². The summed E-state index contributed by atoms with van der Waals surface area (Å²) in [6, 6.07) is 16.3. The first-order valence-electron chi connectivity index (χ1n) is 6.79. The highest BCUT2D eigenvalue weighted by molar-refractivity contribution is 6.30. The third-order valence-electron chi connectivity index (χ3n) is 3.62. The van der Waals surface area contributed by atoms with Gasteiger partial charge in [0.1, 0.15) is 0 Å². The van der Waals surface area contributed by atoms with Crippen molar-refractivity contribution in [2.45, 2.75) is 19.4 Å². The maximum atomic E-state index is 12.0. The number of halogens is 1. The molecular weight excluding hydrogens is 286 g/mol. The Hall–Kier alpha value is -2.00. The lowest BCUT2D eigenvalue weighted by atomic mass is 9.79. The van der Waals surface area contributed by atoms with E-state index < -0.39 is 11.5 Å². The second kappa shape index (κ2) is 6.19. The predicted molar refractivity (Wildman–Crippen MR) is 85.7 cm³/mol. The van der Waals surface area contributed by atoms with E-state index in [0.29, 0.717) is 5.02 Å². The van der Waals surface area contributed by atoms with Crippen LogP contribution in [-0.4, -0.2) is 11.1 Å². The van der Waals surface area contributed by atoms with Crippen LogP contribution in [0, 0.1) is 5.92 Å². The SMILES string of the molecule is CC(C)C(Nc1ccc(Cl)cc1)(C(=O)O)c1ccccc1. The van der Waals surface area contributed by atoms with Gasteiger partial charge in [-0.2, -0.15) is 0 Å². The molecule has 0 aromatic heterocycles. The van der Waals surface area contributed by atoms with Gasteiger partial charge in [0.05, 0.1) is 0 Å². The number of aliphatic carboxylic acids is 1. The van der Waals surface area contributed by atoms with Crippen LogP contribution in [0.1, 0.15) is 19.4 Å². The summed E-state index contributed by atoms with van der Waals surface area (Å²) < 4.78 is 0. The van der Waals surface area contributed by atoms with Crippen LogP contribution in [-0.2, 0) is 10.3 Å². The molecule has 0 spiro atoms. The summed E-state index contributed by atoms with van der Waals surface area (Å²) in [5.41, 5.74) is 0.261. The second-order valence-corrected chi connectivity index (χ2v) is 5.70. The van der Waals surface area contributed by atoms with E-state index in [1.807, 2.05) is 44.2 Å². The monoisotopic (exact) mass is 303 g/mol. The van der Waals surface area contributed by atoms with E-state index in [0.717, 1.165) is 11.3 Å². The largest absolute Gasteiger partial charge is 0.479 e. The first-order valence-corrected chi connectivity index (χ1v) is 7.17. The van der Waals surface area contributed by atoms with Gasteiger partial charge in [-0.15, -0.1) is 0 Å². The third kappa shape index (κ3) is 3.03. The van der Waals surface area contributed by atoms with Crippen LogP contribution < -0.4 is 5.32 Å². The van der Waals surface area contributed by atoms with Crippen LogP contribution in [0.5, 0.6) is 0 Å². The van der Waals surface area contributed by atoms with Gasteiger partial charge in [-0.1, -0.05) is 55.8 Å². The highest BCUT2D eigenvalue weighted by Crippen LogP contribution is 2.34. The Labute approximate surface area is 129 Å². The van der Waals surface area contributed by atoms with Crippen molar-refractivity contribution in [3.8, 4) is 0 Å². The molecule has 3 nitrogen and oxygen atoms in total. The zero-order valence-corrected chi connectivity index (χ0v) is 12.8. The number of carbonyl (C=O) groups is 1. The normalized spacial score (nSPS) is 13.7. The van der Waals surface area contributed by atoms with E-state index in [1.54, 1.807) is 24.3 Å². The highest BCUT2D eigenvalue weighted by Gasteiger charge is 2.43. The van der Waals surface area contributed by atoms with Gasteiger partial charge in [0.25, 0.3) is 0 Å². The summed E-state index contributed by atoms with van der Waals surface area (Å²) in [6.07, 6.45) is 0. The van der Waals surface area contributed by atoms with Gasteiger partial charge >= 0.3 is 5.97 Å². The third-order valence-corrected chi connectivity index (χ3v) is 3.87. The fourth-order valence-corrected chi connectivity index (χ4v) is 2.56. The smallest absolute Gasteiger partial charge is 0.334 e. The average molecular weight is 304 g/mol. The molecular formula is C17H18ClNO2. The Kier molecular flexibility index (Phi) is 4.53. The molecule has 0 heterocycles. The summed E-state index contributed by atoms with van der Waals surface area (Å²) >= 11 is 5.88. The first kappa shape index (κ1) is 15.4. The van der Waals surface area contributed by atoms with Gasteiger partial charge in [0.2, 0.25) is 0 Å². The van der Waals surface area contributed by atoms with Crippen LogP contribution in [0.25, 0.3) is 0 Å². The van der Waals surface area contributed by atoms with Crippen molar-refractivity contribution in [1.29, 1.82) is 0 Å². The molecule has 110 valence electrons. The molecule has 0 aliphatic heterocycles. The van der Waals surface area contributed by atoms with E-state index in [9.17, 15) is 9.90 Å². The van der Waals surface area contributed by atoms with Gasteiger partial charge in [0, 0.05) is 10.7 Å². The molecule has 2 aromatic carbocycles. The van der Waals surface area contributed by atoms with E-state index in [2.05, 4.69) is 5.32 Å². The molecule has 0 saturated carbocycles. The van der Waals surface area contributed by atoms with Gasteiger partial charge in [-0.25, -0.2) is 4.79 Å². The van der Waals surface area contributed by atoms with Crippen LogP contribution in [0.2, 0.25) is 5.02 Å². The maximum Gasteiger partial charge on any atom is 0.334 e. The van der Waals surface area contributed by atoms with E-state index in [4.69, 9.17) is 11.6 Å². The summed E-state index contributed by atoms with van der Waals surface area (Å²) in [4.78, 5) is 12.0. The van der Waals surface area contributed by atoms with Gasteiger partial charge in [0.15, 0.2) is 5.54 Å². The van der Waals surface area contributed by atoms with Crippen molar-refractivity contribution in [2.24, 2.45) is 5.92 Å². The Morgan fingerprint density at radius 3 is 2.14 bits per heavy atom. The van der Waals surface area contributed by atoms with Crippen LogP contribution in [0.4, 0.5) is 5.69 Å². The van der Waals surface area contributed by atoms with Crippen molar-refractivity contribution in [1.82, 2.24) is 0 Å². The highest BCUT2D eigenvalue weighted by atomic mass is 35.5. The Morgan fingerprint density at radius 1 is 1.10 bits per heavy atom. The number of nitrogens with one attached hydrogen (secondary N) is 1. The number of benzene rings is 2. The molecule has 1 unspecified atom stereocenters. The quantitative estimate of drug-likeness (QED) is 0.861. The minimum Gasteiger partial charge on any atom is -0.479 e. The predicted octanol–water partition coefficient (Wildman–Crippen LogP) is 4.39. The van der Waals surface area contributed by atoms with Crippen molar-refractivity contribution < 1.29 is 9.90 Å². The molecule has 21 heavy (non-hydrogen) atoms. The lowest BCUT2D eigenvalue weighted by Crippen LogP contribution is -2.48. The minimum absolute atomic E-state index is 0.145. The zero-order valence-electron chi connectivity index (χ0n) is 12.0. The van der Waals surface area contributed by atoms with Crippen LogP contribution >= 0.6 is 11.6 Å². The molecule has 2 rings (SSSR count). The molecule has 2 N–H and O–H groups in total. The standard InChI is InChI=1S/C17H18ClNO2/c1-12(2)17(16(20)21,13-6-4-3-5-7-13)19-15-10-8-14(18)9-11-15/h3-12,19H,1-2H3,(H,20,21). The van der Waals surface area contributed by atoms with Gasteiger partial charge < -0.3 is 10.4 Å². The second-order valence-electron chi connectivity index (χ2n) is 5.27. The first-order chi connectivity index (χ1) is 9.96. The molecule has 4 heteroatoms. The Balaban J connectivity index is 2.50. The number of anilines is 1. The van der Waals surface area contributed by atoms with Crippen molar-refractivity contribution >= 4 is 23.3 Å². The fraction of sp³-hybridized carbons (Fsp3) is 0.235.